The summed E-state index contributed by atoms with van der Waals surface area (Å²) in [5, 5.41) is 3.08. The zero-order valence-electron chi connectivity index (χ0n) is 23.3. The van der Waals surface area contributed by atoms with Crippen LogP contribution in [0.2, 0.25) is 0 Å². The van der Waals surface area contributed by atoms with Crippen molar-refractivity contribution >= 4 is 57.7 Å². The summed E-state index contributed by atoms with van der Waals surface area (Å²) in [5.41, 5.74) is 0.477. The van der Waals surface area contributed by atoms with E-state index in [1.807, 2.05) is 25.2 Å². The second kappa shape index (κ2) is 11.8. The molecule has 0 spiro atoms. The van der Waals surface area contributed by atoms with Gasteiger partial charge in [-0.15, -0.1) is 0 Å². The molecule has 2 aromatic heterocycles. The Morgan fingerprint density at radius 3 is 2.34 bits per heavy atom. The Morgan fingerprint density at radius 2 is 1.68 bits per heavy atom. The molecule has 3 amide bonds. The number of carbonyl (C=O) groups is 3. The van der Waals surface area contributed by atoms with Crippen molar-refractivity contribution in [2.45, 2.75) is 39.2 Å². The Labute approximate surface area is 251 Å². The minimum absolute atomic E-state index is 0.0219. The maximum absolute atomic E-state index is 15.1. The molecule has 0 unspecified atom stereocenters. The van der Waals surface area contributed by atoms with Crippen molar-refractivity contribution in [3.63, 3.8) is 0 Å². The van der Waals surface area contributed by atoms with Gasteiger partial charge in [0.05, 0.1) is 11.8 Å². The van der Waals surface area contributed by atoms with Crippen LogP contribution in [0.3, 0.4) is 0 Å². The molecule has 218 valence electrons. The number of carbonyl (C=O) groups excluding carboxylic acids is 3. The van der Waals surface area contributed by atoms with Crippen LogP contribution in [0.4, 0.5) is 20.7 Å². The molecule has 0 radical (unpaired) electrons. The Balaban J connectivity index is 1.14. The van der Waals surface area contributed by atoms with Gasteiger partial charge in [0.1, 0.15) is 15.1 Å². The van der Waals surface area contributed by atoms with Crippen LogP contribution in [0.25, 0.3) is 5.65 Å². The Bertz CT molecular complexity index is 1460. The number of imidazole rings is 1. The van der Waals surface area contributed by atoms with Gasteiger partial charge in [0.25, 0.3) is 5.91 Å². The topological polar surface area (TPSA) is 112 Å². The van der Waals surface area contributed by atoms with Crippen molar-refractivity contribution < 1.29 is 23.5 Å². The quantitative estimate of drug-likeness (QED) is 0.414. The zero-order chi connectivity index (χ0) is 29.3. The Kier molecular flexibility index (Phi) is 8.34. The van der Waals surface area contributed by atoms with E-state index in [1.54, 1.807) is 39.4 Å². The minimum atomic E-state index is -0.639. The molecule has 0 atom stereocenters. The van der Waals surface area contributed by atoms with E-state index in [9.17, 15) is 14.4 Å². The molecule has 13 heteroatoms. The average Bonchev–Trinajstić information content (AvgIpc) is 3.33. The van der Waals surface area contributed by atoms with Crippen LogP contribution < -0.4 is 5.32 Å². The van der Waals surface area contributed by atoms with Crippen LogP contribution in [-0.4, -0.2) is 91.8 Å². The van der Waals surface area contributed by atoms with Crippen LogP contribution >= 0.6 is 22.6 Å². The first-order chi connectivity index (χ1) is 19.5. The first kappa shape index (κ1) is 29.0. The monoisotopic (exact) mass is 677 g/mol. The maximum atomic E-state index is 15.1. The van der Waals surface area contributed by atoms with E-state index < -0.39 is 17.3 Å². The maximum Gasteiger partial charge on any atom is 0.410 e. The fourth-order valence-electron chi connectivity index (χ4n) is 5.07. The molecule has 41 heavy (non-hydrogen) atoms. The lowest BCUT2D eigenvalue weighted by Gasteiger charge is -2.38. The lowest BCUT2D eigenvalue weighted by molar-refractivity contribution is -0.138. The van der Waals surface area contributed by atoms with Gasteiger partial charge in [0.2, 0.25) is 5.91 Å². The van der Waals surface area contributed by atoms with Crippen LogP contribution in [0.15, 0.2) is 36.8 Å². The molecule has 0 bridgehead atoms. The number of amides is 3. The number of fused-ring (bicyclic) bond motifs is 1. The van der Waals surface area contributed by atoms with E-state index in [0.717, 1.165) is 3.70 Å². The van der Waals surface area contributed by atoms with E-state index in [4.69, 9.17) is 4.74 Å². The first-order valence-electron chi connectivity index (χ1n) is 13.6. The molecule has 0 aliphatic carbocycles. The summed E-state index contributed by atoms with van der Waals surface area (Å²) in [5.74, 6) is -0.697. The van der Waals surface area contributed by atoms with Gasteiger partial charge in [-0.1, -0.05) is 0 Å². The summed E-state index contributed by atoms with van der Waals surface area (Å²) < 4.78 is 23.3. The summed E-state index contributed by atoms with van der Waals surface area (Å²) in [6.07, 6.45) is 5.94. The SMILES string of the molecule is CC(C)(C)OC(=O)N1CCC(C(=O)N2CCN(C(=O)c3ccc(Nc4nccn5c(I)cnc45)cc3F)CC2)CC1. The van der Waals surface area contributed by atoms with Crippen LogP contribution in [0.1, 0.15) is 44.0 Å². The number of likely N-dealkylation sites (tertiary alicyclic amines) is 1. The Hall–Kier alpha value is -3.49. The first-order valence-corrected chi connectivity index (χ1v) is 14.7. The molecule has 2 aliphatic rings. The third kappa shape index (κ3) is 6.54. The largest absolute Gasteiger partial charge is 0.444 e. The van der Waals surface area contributed by atoms with Crippen LogP contribution in [-0.2, 0) is 9.53 Å². The highest BCUT2D eigenvalue weighted by Crippen LogP contribution is 2.25. The van der Waals surface area contributed by atoms with Crippen molar-refractivity contribution in [1.82, 2.24) is 29.1 Å². The molecule has 2 saturated heterocycles. The van der Waals surface area contributed by atoms with Gasteiger partial charge in [-0.25, -0.2) is 19.2 Å². The number of anilines is 2. The van der Waals surface area contributed by atoms with Gasteiger partial charge in [-0.2, -0.15) is 0 Å². The highest BCUT2D eigenvalue weighted by atomic mass is 127. The van der Waals surface area contributed by atoms with Gasteiger partial charge in [-0.05, 0) is 74.4 Å². The molecule has 2 aliphatic heterocycles. The van der Waals surface area contributed by atoms with E-state index in [1.165, 1.54) is 12.1 Å². The van der Waals surface area contributed by atoms with Gasteiger partial charge in [0, 0.05) is 63.3 Å². The van der Waals surface area contributed by atoms with Crippen molar-refractivity contribution in [2.24, 2.45) is 5.92 Å². The highest BCUT2D eigenvalue weighted by molar-refractivity contribution is 14.1. The minimum Gasteiger partial charge on any atom is -0.444 e. The fraction of sp³-hybridized carbons (Fsp3) is 0.464. The fourth-order valence-corrected chi connectivity index (χ4v) is 5.60. The standard InChI is InChI=1S/C28H33FIN7O4/c1-28(2,3)41-27(40)36-9-6-18(7-10-36)25(38)34-12-14-35(15-13-34)26(39)20-5-4-19(16-21(20)29)33-23-24-32-17-22(30)37(24)11-8-31-23/h4-5,8,11,16-18H,6-7,9-10,12-15H2,1-3H3,(H,31,33). The average molecular weight is 678 g/mol. The lowest BCUT2D eigenvalue weighted by Crippen LogP contribution is -2.53. The molecule has 4 heterocycles. The van der Waals surface area contributed by atoms with Crippen LogP contribution in [0.5, 0.6) is 0 Å². The number of aromatic nitrogens is 3. The molecule has 1 aromatic carbocycles. The lowest BCUT2D eigenvalue weighted by atomic mass is 9.95. The summed E-state index contributed by atoms with van der Waals surface area (Å²) in [6, 6.07) is 4.37. The van der Waals surface area contributed by atoms with Gasteiger partial charge < -0.3 is 24.8 Å². The van der Waals surface area contributed by atoms with Crippen molar-refractivity contribution in [3.8, 4) is 0 Å². The molecule has 0 saturated carbocycles. The zero-order valence-corrected chi connectivity index (χ0v) is 25.4. The van der Waals surface area contributed by atoms with E-state index in [-0.39, 0.29) is 23.5 Å². The molecule has 3 aromatic rings. The number of hydrogen-bond acceptors (Lipinski definition) is 7. The number of nitrogens with one attached hydrogen (secondary N) is 1. The summed E-state index contributed by atoms with van der Waals surface area (Å²) in [6.45, 7) is 7.85. The van der Waals surface area contributed by atoms with Crippen molar-refractivity contribution in [1.29, 1.82) is 0 Å². The van der Waals surface area contributed by atoms with Gasteiger partial charge >= 0.3 is 6.09 Å². The second-order valence-corrected chi connectivity index (χ2v) is 12.3. The predicted molar refractivity (Wildman–Crippen MR) is 158 cm³/mol. The van der Waals surface area contributed by atoms with E-state index in [0.29, 0.717) is 69.3 Å². The smallest absolute Gasteiger partial charge is 0.410 e. The summed E-state index contributed by atoms with van der Waals surface area (Å²) in [7, 11) is 0. The molecule has 1 N–H and O–H groups in total. The highest BCUT2D eigenvalue weighted by Gasteiger charge is 2.34. The Morgan fingerprint density at radius 1 is 1.00 bits per heavy atom. The van der Waals surface area contributed by atoms with Gasteiger partial charge in [0.15, 0.2) is 11.5 Å². The number of ether oxygens (including phenoxy) is 1. The number of piperidine rings is 1. The molecule has 5 rings (SSSR count). The number of hydrogen-bond donors (Lipinski definition) is 1. The second-order valence-electron chi connectivity index (χ2n) is 11.2. The third-order valence-corrected chi connectivity index (χ3v) is 8.02. The van der Waals surface area contributed by atoms with E-state index in [2.05, 4.69) is 37.9 Å². The molecule has 2 fully saturated rings. The number of rotatable bonds is 4. The number of piperazine rings is 1. The molecule has 11 nitrogen and oxygen atoms in total. The number of halogens is 2. The summed E-state index contributed by atoms with van der Waals surface area (Å²) >= 11 is 2.17. The van der Waals surface area contributed by atoms with E-state index >= 15 is 4.39 Å². The third-order valence-electron chi connectivity index (χ3n) is 7.22. The molecular weight excluding hydrogens is 644 g/mol. The number of nitrogens with zero attached hydrogens (tertiary/aromatic N) is 6. The van der Waals surface area contributed by atoms with Crippen molar-refractivity contribution in [3.05, 3.63) is 51.9 Å². The normalized spacial score (nSPS) is 16.7. The summed E-state index contributed by atoms with van der Waals surface area (Å²) in [4.78, 5) is 52.2. The van der Waals surface area contributed by atoms with Gasteiger partial charge in [-0.3, -0.25) is 14.0 Å². The van der Waals surface area contributed by atoms with Crippen molar-refractivity contribution in [2.75, 3.05) is 44.6 Å². The van der Waals surface area contributed by atoms with Crippen LogP contribution in [0, 0.1) is 15.4 Å². The number of benzene rings is 1. The predicted octanol–water partition coefficient (Wildman–Crippen LogP) is 4.15. The molecular formula is C28H33FIN7O4.